The molecule has 1 fully saturated rings. The van der Waals surface area contributed by atoms with Crippen LogP contribution in [0.5, 0.6) is 5.75 Å². The molecule has 1 aromatic carbocycles. The molecule has 1 aliphatic heterocycles. The molecule has 0 N–H and O–H groups in total. The van der Waals surface area contributed by atoms with Crippen LogP contribution in [-0.2, 0) is 18.8 Å². The van der Waals surface area contributed by atoms with Gasteiger partial charge in [-0.05, 0) is 62.2 Å². The third-order valence-electron chi connectivity index (χ3n) is 6.69. The molecule has 178 valence electrons. The first-order chi connectivity index (χ1) is 14.8. The predicted molar refractivity (Wildman–Crippen MR) is 130 cm³/mol. The molecule has 0 aromatic heterocycles. The van der Waals surface area contributed by atoms with E-state index >= 15 is 0 Å². The monoisotopic (exact) mass is 461 g/mol. The van der Waals surface area contributed by atoms with E-state index in [4.69, 9.17) is 13.9 Å². The minimum absolute atomic E-state index is 0.0442. The Morgan fingerprint density at radius 1 is 1.19 bits per heavy atom. The van der Waals surface area contributed by atoms with Gasteiger partial charge < -0.3 is 18.8 Å². The second-order valence-corrected chi connectivity index (χ2v) is 14.7. The van der Waals surface area contributed by atoms with Crippen molar-refractivity contribution in [1.29, 1.82) is 0 Å². The summed E-state index contributed by atoms with van der Waals surface area (Å²) in [5, 5.41) is 0.0502. The molecular weight excluding hydrogens is 422 g/mol. The van der Waals surface area contributed by atoms with Gasteiger partial charge in [-0.15, -0.1) is 0 Å². The van der Waals surface area contributed by atoms with Crippen molar-refractivity contribution in [2.45, 2.75) is 71.8 Å². The summed E-state index contributed by atoms with van der Waals surface area (Å²) in [6.45, 7) is 17.1. The van der Waals surface area contributed by atoms with Crippen LogP contribution in [0.15, 0.2) is 36.4 Å². The minimum Gasteiger partial charge on any atom is -0.497 e. The highest BCUT2D eigenvalue weighted by molar-refractivity contribution is 6.74. The Kier molecular flexibility index (Phi) is 8.34. The fourth-order valence-electron chi connectivity index (χ4n) is 3.86. The summed E-state index contributed by atoms with van der Waals surface area (Å²) in [4.78, 5) is 27.0. The van der Waals surface area contributed by atoms with E-state index < -0.39 is 8.32 Å². The standard InChI is InChI=1S/C25H39NO5Si/c1-10-30-21(27)16-11-17(2)23-22(18(3)31-32(8,9)25(4,5)6)24(28)26(23)19-12-14-20(29-7)15-13-19/h11-18,22-23H,10H2,1-9H3/b16-11+/t17-,18+,22+,23+/m0/s1. The first-order valence-corrected chi connectivity index (χ1v) is 14.2. The Balaban J connectivity index is 2.33. The van der Waals surface area contributed by atoms with Crippen molar-refractivity contribution in [1.82, 2.24) is 0 Å². The topological polar surface area (TPSA) is 65.1 Å². The molecular formula is C25H39NO5Si. The lowest BCUT2D eigenvalue weighted by Gasteiger charge is -2.53. The van der Waals surface area contributed by atoms with Crippen LogP contribution in [0, 0.1) is 11.8 Å². The third-order valence-corrected chi connectivity index (χ3v) is 11.3. The van der Waals surface area contributed by atoms with Crippen LogP contribution in [0.4, 0.5) is 5.69 Å². The van der Waals surface area contributed by atoms with E-state index in [9.17, 15) is 9.59 Å². The number of methoxy groups -OCH3 is 1. The number of amides is 1. The summed E-state index contributed by atoms with van der Waals surface area (Å²) in [7, 11) is -0.431. The molecule has 0 spiro atoms. The Morgan fingerprint density at radius 3 is 2.28 bits per heavy atom. The van der Waals surface area contributed by atoms with Crippen molar-refractivity contribution in [2.75, 3.05) is 18.6 Å². The number of benzene rings is 1. The zero-order chi connectivity index (χ0) is 24.3. The van der Waals surface area contributed by atoms with Crippen molar-refractivity contribution < 1.29 is 23.5 Å². The first-order valence-electron chi connectivity index (χ1n) is 11.3. The van der Waals surface area contributed by atoms with Gasteiger partial charge in [-0.1, -0.05) is 33.8 Å². The highest BCUT2D eigenvalue weighted by atomic mass is 28.4. The van der Waals surface area contributed by atoms with Gasteiger partial charge in [0.25, 0.3) is 0 Å². The number of rotatable bonds is 9. The number of anilines is 1. The maximum absolute atomic E-state index is 13.4. The molecule has 4 atom stereocenters. The average Bonchev–Trinajstić information content (AvgIpc) is 2.69. The molecule has 0 saturated carbocycles. The molecule has 0 bridgehead atoms. The van der Waals surface area contributed by atoms with Crippen LogP contribution < -0.4 is 9.64 Å². The molecule has 0 aliphatic carbocycles. The summed E-state index contributed by atoms with van der Waals surface area (Å²) in [6, 6.07) is 7.35. The van der Waals surface area contributed by atoms with Gasteiger partial charge in [-0.2, -0.15) is 0 Å². The average molecular weight is 462 g/mol. The molecule has 0 radical (unpaired) electrons. The number of carbonyl (C=O) groups excluding carboxylic acids is 2. The lowest BCUT2D eigenvalue weighted by atomic mass is 9.76. The Labute approximate surface area is 194 Å². The zero-order valence-corrected chi connectivity index (χ0v) is 22.0. The normalized spacial score (nSPS) is 21.3. The van der Waals surface area contributed by atoms with Crippen LogP contribution in [0.2, 0.25) is 18.1 Å². The highest BCUT2D eigenvalue weighted by Crippen LogP contribution is 2.43. The molecule has 1 aromatic rings. The summed E-state index contributed by atoms with van der Waals surface area (Å²) in [5.74, 6) is 0.0633. The highest BCUT2D eigenvalue weighted by Gasteiger charge is 2.54. The van der Waals surface area contributed by atoms with E-state index in [0.717, 1.165) is 11.4 Å². The molecule has 1 heterocycles. The SMILES string of the molecule is CCOC(=O)/C=C/[C@H](C)[C@@H]1[C@@H]([C@@H](C)O[Si](C)(C)C(C)(C)C)C(=O)N1c1ccc(OC)cc1. The molecule has 1 saturated heterocycles. The van der Waals surface area contributed by atoms with E-state index in [2.05, 4.69) is 33.9 Å². The van der Waals surface area contributed by atoms with Gasteiger partial charge in [0, 0.05) is 11.8 Å². The summed E-state index contributed by atoms with van der Waals surface area (Å²) in [6.07, 6.45) is 3.07. The van der Waals surface area contributed by atoms with Gasteiger partial charge in [0.2, 0.25) is 5.91 Å². The van der Waals surface area contributed by atoms with Gasteiger partial charge in [-0.3, -0.25) is 4.79 Å². The maximum Gasteiger partial charge on any atom is 0.330 e. The minimum atomic E-state index is -2.05. The summed E-state index contributed by atoms with van der Waals surface area (Å²) >= 11 is 0. The van der Waals surface area contributed by atoms with Crippen LogP contribution >= 0.6 is 0 Å². The zero-order valence-electron chi connectivity index (χ0n) is 21.0. The van der Waals surface area contributed by atoms with Gasteiger partial charge in [0.05, 0.1) is 31.8 Å². The number of hydrogen-bond acceptors (Lipinski definition) is 5. The van der Waals surface area contributed by atoms with Gasteiger partial charge in [0.1, 0.15) is 5.75 Å². The summed E-state index contributed by atoms with van der Waals surface area (Å²) in [5.41, 5.74) is 0.813. The van der Waals surface area contributed by atoms with E-state index in [-0.39, 0.29) is 40.9 Å². The van der Waals surface area contributed by atoms with E-state index in [1.165, 1.54) is 6.08 Å². The lowest BCUT2D eigenvalue weighted by molar-refractivity contribution is -0.137. The van der Waals surface area contributed by atoms with Crippen molar-refractivity contribution >= 4 is 25.9 Å². The molecule has 0 unspecified atom stereocenters. The Bertz CT molecular complexity index is 828. The van der Waals surface area contributed by atoms with Crippen LogP contribution in [0.3, 0.4) is 0 Å². The largest absolute Gasteiger partial charge is 0.497 e. The molecule has 2 rings (SSSR count). The molecule has 7 heteroatoms. The second kappa shape index (κ2) is 10.2. The van der Waals surface area contributed by atoms with Crippen molar-refractivity contribution in [3.63, 3.8) is 0 Å². The van der Waals surface area contributed by atoms with Crippen molar-refractivity contribution in [3.8, 4) is 5.75 Å². The van der Waals surface area contributed by atoms with Crippen molar-refractivity contribution in [3.05, 3.63) is 36.4 Å². The maximum atomic E-state index is 13.4. The summed E-state index contributed by atoms with van der Waals surface area (Å²) < 4.78 is 16.9. The Hall–Kier alpha value is -2.12. The van der Waals surface area contributed by atoms with Gasteiger partial charge >= 0.3 is 5.97 Å². The first kappa shape index (κ1) is 26.1. The van der Waals surface area contributed by atoms with E-state index in [1.54, 1.807) is 14.0 Å². The fourth-order valence-corrected chi connectivity index (χ4v) is 5.29. The fraction of sp³-hybridized carbons (Fsp3) is 0.600. The quantitative estimate of drug-likeness (QED) is 0.219. The van der Waals surface area contributed by atoms with Gasteiger partial charge in [-0.25, -0.2) is 4.79 Å². The lowest BCUT2D eigenvalue weighted by Crippen LogP contribution is -2.68. The number of ether oxygens (including phenoxy) is 2. The molecule has 1 amide bonds. The van der Waals surface area contributed by atoms with Crippen molar-refractivity contribution in [2.24, 2.45) is 11.8 Å². The number of carbonyl (C=O) groups is 2. The number of β-lactam (4-membered cyclic amide) rings is 1. The third kappa shape index (κ3) is 5.62. The number of hydrogen-bond donors (Lipinski definition) is 0. The molecule has 32 heavy (non-hydrogen) atoms. The van der Waals surface area contributed by atoms with Gasteiger partial charge in [0.15, 0.2) is 8.32 Å². The predicted octanol–water partition coefficient (Wildman–Crippen LogP) is 5.19. The molecule has 1 aliphatic rings. The van der Waals surface area contributed by atoms with E-state index in [1.807, 2.05) is 49.1 Å². The second-order valence-electron chi connectivity index (χ2n) is 9.98. The van der Waals surface area contributed by atoms with E-state index in [0.29, 0.717) is 6.61 Å². The van der Waals surface area contributed by atoms with Crippen LogP contribution in [0.1, 0.15) is 41.5 Å². The smallest absolute Gasteiger partial charge is 0.330 e. The number of esters is 1. The number of nitrogens with zero attached hydrogens (tertiary/aromatic N) is 1. The Morgan fingerprint density at radius 2 is 1.78 bits per heavy atom. The molecule has 6 nitrogen and oxygen atoms in total. The van der Waals surface area contributed by atoms with Crippen LogP contribution in [0.25, 0.3) is 0 Å². The van der Waals surface area contributed by atoms with Crippen LogP contribution in [-0.4, -0.2) is 46.1 Å².